The van der Waals surface area contributed by atoms with E-state index in [1.54, 1.807) is 0 Å². The number of esters is 3. The summed E-state index contributed by atoms with van der Waals surface area (Å²) < 4.78 is 16.9. The van der Waals surface area contributed by atoms with E-state index in [1.165, 1.54) is 276 Å². The molecule has 0 fully saturated rings. The highest BCUT2D eigenvalue weighted by Gasteiger charge is 2.19. The number of unbranched alkanes of at least 4 members (excludes halogenated alkanes) is 48. The van der Waals surface area contributed by atoms with Crippen LogP contribution in [0.1, 0.15) is 387 Å². The highest BCUT2D eigenvalue weighted by molar-refractivity contribution is 5.71. The van der Waals surface area contributed by atoms with Crippen LogP contribution in [-0.4, -0.2) is 37.2 Å². The fourth-order valence-corrected chi connectivity index (χ4v) is 10.6. The smallest absolute Gasteiger partial charge is 0.306 e. The van der Waals surface area contributed by atoms with E-state index >= 15 is 0 Å². The molecular weight excluding hydrogens is 961 g/mol. The second-order valence-corrected chi connectivity index (χ2v) is 23.8. The molecule has 0 saturated carbocycles. The van der Waals surface area contributed by atoms with E-state index in [0.717, 1.165) is 70.6 Å². The Bertz CT molecular complexity index is 1300. The van der Waals surface area contributed by atoms with Crippen LogP contribution < -0.4 is 0 Å². The molecule has 6 nitrogen and oxygen atoms in total. The summed E-state index contributed by atoms with van der Waals surface area (Å²) in [6, 6.07) is 0. The Labute approximate surface area is 486 Å². The van der Waals surface area contributed by atoms with Gasteiger partial charge in [-0.15, -0.1) is 0 Å². The van der Waals surface area contributed by atoms with Gasteiger partial charge < -0.3 is 14.2 Å². The molecule has 0 aliphatic rings. The van der Waals surface area contributed by atoms with E-state index in [-0.39, 0.29) is 31.1 Å². The third kappa shape index (κ3) is 64.5. The first-order chi connectivity index (χ1) is 38.5. The predicted molar refractivity (Wildman–Crippen MR) is 339 cm³/mol. The lowest BCUT2D eigenvalue weighted by Crippen LogP contribution is -2.30. The summed E-state index contributed by atoms with van der Waals surface area (Å²) in [5.74, 6) is -0.857. The molecule has 0 aromatic heterocycles. The van der Waals surface area contributed by atoms with Gasteiger partial charge in [-0.25, -0.2) is 0 Å². The van der Waals surface area contributed by atoms with Gasteiger partial charge in [0.15, 0.2) is 6.10 Å². The highest BCUT2D eigenvalue weighted by Crippen LogP contribution is 2.18. The minimum atomic E-state index is -0.772. The molecule has 78 heavy (non-hydrogen) atoms. The van der Waals surface area contributed by atoms with Crippen LogP contribution >= 0.6 is 0 Å². The predicted octanol–water partition coefficient (Wildman–Crippen LogP) is 23.9. The van der Waals surface area contributed by atoms with Crippen LogP contribution in [0.15, 0.2) is 36.5 Å². The van der Waals surface area contributed by atoms with Gasteiger partial charge in [-0.3, -0.25) is 14.4 Å². The van der Waals surface area contributed by atoms with Crippen molar-refractivity contribution in [3.05, 3.63) is 36.5 Å². The van der Waals surface area contributed by atoms with Gasteiger partial charge in [0.2, 0.25) is 0 Å². The zero-order valence-electron chi connectivity index (χ0n) is 52.7. The second-order valence-electron chi connectivity index (χ2n) is 23.8. The topological polar surface area (TPSA) is 78.9 Å². The number of hydrogen-bond acceptors (Lipinski definition) is 6. The summed E-state index contributed by atoms with van der Waals surface area (Å²) in [5.41, 5.74) is 0. The summed E-state index contributed by atoms with van der Waals surface area (Å²) in [7, 11) is 0. The number of allylic oxidation sites excluding steroid dienone is 6. The Morgan fingerprint density at radius 1 is 0.256 bits per heavy atom. The van der Waals surface area contributed by atoms with E-state index < -0.39 is 6.10 Å². The average Bonchev–Trinajstić information content (AvgIpc) is 3.44. The second kappa shape index (κ2) is 67.1. The van der Waals surface area contributed by atoms with Crippen LogP contribution in [-0.2, 0) is 28.6 Å². The van der Waals surface area contributed by atoms with Gasteiger partial charge in [0.25, 0.3) is 0 Å². The van der Waals surface area contributed by atoms with Crippen LogP contribution in [0.5, 0.6) is 0 Å². The molecule has 0 aliphatic carbocycles. The molecule has 0 amide bonds. The summed E-state index contributed by atoms with van der Waals surface area (Å²) in [5, 5.41) is 0. The van der Waals surface area contributed by atoms with Gasteiger partial charge >= 0.3 is 17.9 Å². The van der Waals surface area contributed by atoms with Crippen LogP contribution in [0.3, 0.4) is 0 Å². The average molecular weight is 1100 g/mol. The Morgan fingerprint density at radius 3 is 0.731 bits per heavy atom. The molecule has 0 rings (SSSR count). The van der Waals surface area contributed by atoms with Crippen LogP contribution in [0.4, 0.5) is 0 Å². The number of ether oxygens (including phenoxy) is 3. The number of carbonyl (C=O) groups is 3. The quantitative estimate of drug-likeness (QED) is 0.0261. The third-order valence-electron chi connectivity index (χ3n) is 15.9. The van der Waals surface area contributed by atoms with Crippen molar-refractivity contribution in [2.75, 3.05) is 13.2 Å². The molecule has 1 unspecified atom stereocenters. The van der Waals surface area contributed by atoms with Crippen molar-refractivity contribution in [3.63, 3.8) is 0 Å². The lowest BCUT2D eigenvalue weighted by atomic mass is 10.0. The third-order valence-corrected chi connectivity index (χ3v) is 15.9. The molecule has 0 aromatic carbocycles. The maximum atomic E-state index is 12.9. The molecule has 0 spiro atoms. The minimum absolute atomic E-state index is 0.0702. The van der Waals surface area contributed by atoms with Gasteiger partial charge in [0.1, 0.15) is 13.2 Å². The van der Waals surface area contributed by atoms with Crippen molar-refractivity contribution in [2.24, 2.45) is 0 Å². The molecule has 0 aromatic rings. The molecule has 0 aliphatic heterocycles. The Morgan fingerprint density at radius 2 is 0.462 bits per heavy atom. The minimum Gasteiger partial charge on any atom is -0.462 e. The fraction of sp³-hybridized carbons (Fsp3) is 0.875. The molecule has 458 valence electrons. The zero-order chi connectivity index (χ0) is 56.4. The van der Waals surface area contributed by atoms with Gasteiger partial charge in [0, 0.05) is 19.3 Å². The van der Waals surface area contributed by atoms with Gasteiger partial charge in [0.05, 0.1) is 0 Å². The molecule has 6 heteroatoms. The van der Waals surface area contributed by atoms with Crippen molar-refractivity contribution >= 4 is 17.9 Å². The normalized spacial score (nSPS) is 12.2. The van der Waals surface area contributed by atoms with Crippen molar-refractivity contribution in [2.45, 2.75) is 393 Å². The van der Waals surface area contributed by atoms with Crippen molar-refractivity contribution in [1.29, 1.82) is 0 Å². The maximum Gasteiger partial charge on any atom is 0.306 e. The molecule has 0 saturated heterocycles. The van der Waals surface area contributed by atoms with Gasteiger partial charge in [-0.1, -0.05) is 327 Å². The molecular formula is C72H134O6. The standard InChI is InChI=1S/C72H134O6/c1-4-7-10-13-16-19-21-23-25-27-29-30-31-32-33-34-35-36-37-38-39-40-41-42-43-45-46-48-50-53-56-59-62-65-71(74)77-68-69(67-76-70(73)64-61-58-55-52-18-15-12-9-6-3)78-72(75)66-63-60-57-54-51-49-47-44-28-26-24-22-20-17-14-11-8-5-2/h20,22,26-29,69H,4-19,21,23-25,30-68H2,1-3H3/b22-20-,28-26-,29-27-. The molecule has 0 bridgehead atoms. The number of carbonyl (C=O) groups excluding carboxylic acids is 3. The lowest BCUT2D eigenvalue weighted by Gasteiger charge is -2.18. The van der Waals surface area contributed by atoms with E-state index in [0.29, 0.717) is 19.3 Å². The highest BCUT2D eigenvalue weighted by atomic mass is 16.6. The van der Waals surface area contributed by atoms with E-state index in [1.807, 2.05) is 0 Å². The SMILES string of the molecule is CCCCCC/C=C\C/C=C\CCCCCCCCCC(=O)OC(COC(=O)CCCCCCCCCCC)COC(=O)CCCCCCCCCCCCCCCCCCCCCCC/C=C\CCCCCCCCCC. The first kappa shape index (κ1) is 75.6. The summed E-state index contributed by atoms with van der Waals surface area (Å²) >= 11 is 0. The first-order valence-electron chi connectivity index (χ1n) is 35.0. The van der Waals surface area contributed by atoms with Crippen molar-refractivity contribution in [1.82, 2.24) is 0 Å². The van der Waals surface area contributed by atoms with Crippen LogP contribution in [0, 0.1) is 0 Å². The lowest BCUT2D eigenvalue weighted by molar-refractivity contribution is -0.167. The van der Waals surface area contributed by atoms with Gasteiger partial charge in [-0.2, -0.15) is 0 Å². The van der Waals surface area contributed by atoms with Gasteiger partial charge in [-0.05, 0) is 77.0 Å². The van der Waals surface area contributed by atoms with E-state index in [4.69, 9.17) is 14.2 Å². The fourth-order valence-electron chi connectivity index (χ4n) is 10.6. The largest absolute Gasteiger partial charge is 0.462 e. The number of hydrogen-bond donors (Lipinski definition) is 0. The summed E-state index contributed by atoms with van der Waals surface area (Å²) in [6.45, 7) is 6.66. The summed E-state index contributed by atoms with van der Waals surface area (Å²) in [4.78, 5) is 38.2. The molecule has 0 radical (unpaired) electrons. The van der Waals surface area contributed by atoms with E-state index in [9.17, 15) is 14.4 Å². The molecule has 0 N–H and O–H groups in total. The Hall–Kier alpha value is -2.37. The zero-order valence-corrected chi connectivity index (χ0v) is 52.7. The summed E-state index contributed by atoms with van der Waals surface area (Å²) in [6.07, 6.45) is 83.4. The van der Waals surface area contributed by atoms with E-state index in [2.05, 4.69) is 57.2 Å². The molecule has 1 atom stereocenters. The molecule has 0 heterocycles. The first-order valence-corrected chi connectivity index (χ1v) is 35.0. The van der Waals surface area contributed by atoms with Crippen molar-refractivity contribution < 1.29 is 28.6 Å². The Balaban J connectivity index is 4.03. The maximum absolute atomic E-state index is 12.9. The van der Waals surface area contributed by atoms with Crippen LogP contribution in [0.25, 0.3) is 0 Å². The monoisotopic (exact) mass is 1100 g/mol. The number of rotatable bonds is 65. The Kier molecular flexibility index (Phi) is 65.1. The van der Waals surface area contributed by atoms with Crippen molar-refractivity contribution in [3.8, 4) is 0 Å². The van der Waals surface area contributed by atoms with Crippen LogP contribution in [0.2, 0.25) is 0 Å².